The highest BCUT2D eigenvalue weighted by molar-refractivity contribution is 7.90. The van der Waals surface area contributed by atoms with Crippen LogP contribution in [0.5, 0.6) is 0 Å². The predicted octanol–water partition coefficient (Wildman–Crippen LogP) is 2.44. The first-order valence-electron chi connectivity index (χ1n) is 7.03. The summed E-state index contributed by atoms with van der Waals surface area (Å²) < 4.78 is 27.9. The van der Waals surface area contributed by atoms with Crippen molar-refractivity contribution in [2.45, 2.75) is 11.8 Å². The third kappa shape index (κ3) is 3.80. The molecule has 0 saturated carbocycles. The van der Waals surface area contributed by atoms with Crippen molar-refractivity contribution in [3.05, 3.63) is 59.2 Å². The Morgan fingerprint density at radius 3 is 2.38 bits per heavy atom. The molecule has 0 saturated heterocycles. The molecule has 0 radical (unpaired) electrons. The summed E-state index contributed by atoms with van der Waals surface area (Å²) in [6, 6.07) is 10.7. The third-order valence-electron chi connectivity index (χ3n) is 3.43. The summed E-state index contributed by atoms with van der Waals surface area (Å²) in [7, 11) is -2.16. The Kier molecular flexibility index (Phi) is 5.04. The van der Waals surface area contributed by atoms with E-state index < -0.39 is 21.7 Å². The summed E-state index contributed by atoms with van der Waals surface area (Å²) in [4.78, 5) is 24.4. The van der Waals surface area contributed by atoms with Crippen LogP contribution in [0.4, 0.5) is 5.69 Å². The number of anilines is 1. The van der Waals surface area contributed by atoms with E-state index in [1.165, 1.54) is 31.4 Å². The van der Waals surface area contributed by atoms with Crippen molar-refractivity contribution >= 4 is 27.4 Å². The van der Waals surface area contributed by atoms with Gasteiger partial charge in [-0.1, -0.05) is 18.2 Å². The number of hydrogen-bond donors (Lipinski definition) is 1. The van der Waals surface area contributed by atoms with E-state index in [1.54, 1.807) is 25.1 Å². The van der Waals surface area contributed by atoms with Crippen LogP contribution >= 0.6 is 0 Å². The summed E-state index contributed by atoms with van der Waals surface area (Å²) in [6.45, 7) is 1.73. The second-order valence-corrected chi connectivity index (χ2v) is 7.26. The lowest BCUT2D eigenvalue weighted by atomic mass is 10.1. The van der Waals surface area contributed by atoms with Crippen molar-refractivity contribution in [1.82, 2.24) is 0 Å². The lowest BCUT2D eigenvalue weighted by Crippen LogP contribution is -2.16. The molecule has 0 atom stereocenters. The predicted molar refractivity (Wildman–Crippen MR) is 90.0 cm³/mol. The van der Waals surface area contributed by atoms with Crippen LogP contribution in [0, 0.1) is 6.92 Å². The lowest BCUT2D eigenvalue weighted by molar-refractivity contribution is 0.0601. The molecule has 0 aliphatic rings. The van der Waals surface area contributed by atoms with Gasteiger partial charge in [-0.25, -0.2) is 13.2 Å². The number of hydrogen-bond acceptors (Lipinski definition) is 5. The van der Waals surface area contributed by atoms with Gasteiger partial charge in [-0.15, -0.1) is 0 Å². The van der Waals surface area contributed by atoms with E-state index in [9.17, 15) is 18.0 Å². The SMILES string of the molecule is COC(=O)c1c(C)cccc1NC(=O)c1cccc(S(C)(=O)=O)c1. The van der Waals surface area contributed by atoms with E-state index >= 15 is 0 Å². The maximum atomic E-state index is 12.4. The number of amides is 1. The molecule has 0 aliphatic carbocycles. The molecular formula is C17H17NO5S. The number of esters is 1. The zero-order valence-corrected chi connectivity index (χ0v) is 14.3. The summed E-state index contributed by atoms with van der Waals surface area (Å²) in [5.74, 6) is -1.08. The minimum absolute atomic E-state index is 0.0487. The van der Waals surface area contributed by atoms with Crippen LogP contribution in [0.2, 0.25) is 0 Å². The van der Waals surface area contributed by atoms with Crippen molar-refractivity contribution in [2.75, 3.05) is 18.7 Å². The summed E-state index contributed by atoms with van der Waals surface area (Å²) in [5, 5.41) is 2.63. The third-order valence-corrected chi connectivity index (χ3v) is 4.55. The van der Waals surface area contributed by atoms with Gasteiger partial charge in [0, 0.05) is 11.8 Å². The van der Waals surface area contributed by atoms with E-state index in [2.05, 4.69) is 5.32 Å². The van der Waals surface area contributed by atoms with Crippen LogP contribution in [-0.2, 0) is 14.6 Å². The van der Waals surface area contributed by atoms with Crippen LogP contribution < -0.4 is 5.32 Å². The first-order chi connectivity index (χ1) is 11.2. The number of sulfone groups is 1. The largest absolute Gasteiger partial charge is 0.465 e. The molecule has 0 unspecified atom stereocenters. The number of ether oxygens (including phenoxy) is 1. The van der Waals surface area contributed by atoms with E-state index in [-0.39, 0.29) is 16.0 Å². The Bertz CT molecular complexity index is 903. The number of carbonyl (C=O) groups excluding carboxylic acids is 2. The average molecular weight is 347 g/mol. The minimum atomic E-state index is -3.42. The van der Waals surface area contributed by atoms with Crippen molar-refractivity contribution in [3.63, 3.8) is 0 Å². The Morgan fingerprint density at radius 1 is 1.08 bits per heavy atom. The van der Waals surface area contributed by atoms with Crippen LogP contribution in [0.25, 0.3) is 0 Å². The maximum absolute atomic E-state index is 12.4. The first kappa shape index (κ1) is 17.7. The van der Waals surface area contributed by atoms with E-state index in [0.29, 0.717) is 11.3 Å². The van der Waals surface area contributed by atoms with Gasteiger partial charge in [0.05, 0.1) is 23.3 Å². The molecule has 0 bridgehead atoms. The standard InChI is InChI=1S/C17H17NO5S/c1-11-6-4-9-14(15(11)17(20)23-2)18-16(19)12-7-5-8-13(10-12)24(3,21)22/h4-10H,1-3H3,(H,18,19). The highest BCUT2D eigenvalue weighted by Crippen LogP contribution is 2.22. The molecule has 6 nitrogen and oxygen atoms in total. The van der Waals surface area contributed by atoms with Gasteiger partial charge in [0.1, 0.15) is 0 Å². The fraction of sp³-hybridized carbons (Fsp3) is 0.176. The molecule has 1 N–H and O–H groups in total. The molecule has 0 heterocycles. The maximum Gasteiger partial charge on any atom is 0.340 e. The monoisotopic (exact) mass is 347 g/mol. The number of rotatable bonds is 4. The fourth-order valence-electron chi connectivity index (χ4n) is 2.21. The zero-order valence-electron chi connectivity index (χ0n) is 13.5. The van der Waals surface area contributed by atoms with Crippen LogP contribution in [0.1, 0.15) is 26.3 Å². The molecule has 2 aromatic rings. The summed E-state index contributed by atoms with van der Waals surface area (Å²) >= 11 is 0. The molecule has 0 spiro atoms. The van der Waals surface area contributed by atoms with Crippen molar-refractivity contribution in [1.29, 1.82) is 0 Å². The van der Waals surface area contributed by atoms with Gasteiger partial charge in [-0.05, 0) is 36.8 Å². The topological polar surface area (TPSA) is 89.5 Å². The summed E-state index contributed by atoms with van der Waals surface area (Å²) in [6.07, 6.45) is 1.07. The average Bonchev–Trinajstić information content (AvgIpc) is 2.53. The molecule has 0 fully saturated rings. The number of nitrogens with one attached hydrogen (secondary N) is 1. The lowest BCUT2D eigenvalue weighted by Gasteiger charge is -2.12. The normalized spacial score (nSPS) is 11.0. The summed E-state index contributed by atoms with van der Waals surface area (Å²) in [5.41, 5.74) is 1.39. The van der Waals surface area contributed by atoms with Gasteiger partial charge >= 0.3 is 5.97 Å². The molecular weight excluding hydrogens is 330 g/mol. The number of methoxy groups -OCH3 is 1. The molecule has 7 heteroatoms. The molecule has 0 aromatic heterocycles. The Balaban J connectivity index is 2.38. The molecule has 24 heavy (non-hydrogen) atoms. The number of carbonyl (C=O) groups is 2. The Labute approximate surface area is 140 Å². The van der Waals surface area contributed by atoms with E-state index in [0.717, 1.165) is 6.26 Å². The Morgan fingerprint density at radius 2 is 1.75 bits per heavy atom. The second kappa shape index (κ2) is 6.84. The van der Waals surface area contributed by atoms with Gasteiger partial charge in [-0.2, -0.15) is 0 Å². The first-order valence-corrected chi connectivity index (χ1v) is 8.92. The van der Waals surface area contributed by atoms with Crippen molar-refractivity contribution < 1.29 is 22.7 Å². The highest BCUT2D eigenvalue weighted by atomic mass is 32.2. The minimum Gasteiger partial charge on any atom is -0.465 e. The molecule has 0 aliphatic heterocycles. The quantitative estimate of drug-likeness (QED) is 0.858. The van der Waals surface area contributed by atoms with Gasteiger partial charge in [0.15, 0.2) is 9.84 Å². The zero-order chi connectivity index (χ0) is 17.9. The van der Waals surface area contributed by atoms with Crippen LogP contribution in [0.15, 0.2) is 47.4 Å². The fourth-order valence-corrected chi connectivity index (χ4v) is 2.87. The van der Waals surface area contributed by atoms with Gasteiger partial charge in [0.2, 0.25) is 0 Å². The highest BCUT2D eigenvalue weighted by Gasteiger charge is 2.18. The van der Waals surface area contributed by atoms with Crippen LogP contribution in [-0.4, -0.2) is 33.7 Å². The molecule has 1 amide bonds. The van der Waals surface area contributed by atoms with Crippen LogP contribution in [0.3, 0.4) is 0 Å². The Hall–Kier alpha value is -2.67. The molecule has 2 aromatic carbocycles. The number of aryl methyl sites for hydroxylation is 1. The number of benzene rings is 2. The van der Waals surface area contributed by atoms with Gasteiger partial charge in [0.25, 0.3) is 5.91 Å². The van der Waals surface area contributed by atoms with Gasteiger partial charge in [-0.3, -0.25) is 4.79 Å². The molecule has 126 valence electrons. The second-order valence-electron chi connectivity index (χ2n) is 5.24. The smallest absolute Gasteiger partial charge is 0.340 e. The van der Waals surface area contributed by atoms with Gasteiger partial charge < -0.3 is 10.1 Å². The van der Waals surface area contributed by atoms with Crippen molar-refractivity contribution in [2.24, 2.45) is 0 Å². The van der Waals surface area contributed by atoms with E-state index in [4.69, 9.17) is 4.74 Å². The van der Waals surface area contributed by atoms with E-state index in [1.807, 2.05) is 0 Å². The van der Waals surface area contributed by atoms with Crippen molar-refractivity contribution in [3.8, 4) is 0 Å². The molecule has 2 rings (SSSR count).